The first-order valence-electron chi connectivity index (χ1n) is 5.92. The third-order valence-corrected chi connectivity index (χ3v) is 2.57. The molecule has 0 amide bonds. The number of hydrogen-bond acceptors (Lipinski definition) is 3. The lowest BCUT2D eigenvalue weighted by molar-refractivity contribution is 0.284. The van der Waals surface area contributed by atoms with Crippen LogP contribution in [0.5, 0.6) is 5.75 Å². The van der Waals surface area contributed by atoms with E-state index in [1.54, 1.807) is 6.07 Å². The summed E-state index contributed by atoms with van der Waals surface area (Å²) in [4.78, 5) is 0. The minimum atomic E-state index is -0.315. The van der Waals surface area contributed by atoms with Crippen LogP contribution >= 0.6 is 0 Å². The molecule has 1 aromatic rings. The van der Waals surface area contributed by atoms with E-state index in [2.05, 4.69) is 5.32 Å². The lowest BCUT2D eigenvalue weighted by Crippen LogP contribution is -2.18. The normalized spacial score (nSPS) is 10.5. The van der Waals surface area contributed by atoms with Crippen LogP contribution in [0.25, 0.3) is 0 Å². The monoisotopic (exact) mass is 241 g/mol. The van der Waals surface area contributed by atoms with E-state index < -0.39 is 0 Å². The van der Waals surface area contributed by atoms with Crippen molar-refractivity contribution < 1.29 is 14.2 Å². The molecule has 1 rings (SSSR count). The van der Waals surface area contributed by atoms with Crippen molar-refractivity contribution in [3.63, 3.8) is 0 Å². The van der Waals surface area contributed by atoms with Crippen LogP contribution < -0.4 is 10.1 Å². The second-order valence-electron chi connectivity index (χ2n) is 3.90. The molecule has 17 heavy (non-hydrogen) atoms. The fourth-order valence-corrected chi connectivity index (χ4v) is 1.58. The van der Waals surface area contributed by atoms with Gasteiger partial charge in [0.25, 0.3) is 0 Å². The average Bonchev–Trinajstić information content (AvgIpc) is 2.34. The molecule has 96 valence electrons. The summed E-state index contributed by atoms with van der Waals surface area (Å²) in [5.41, 5.74) is 0.956. The zero-order valence-electron chi connectivity index (χ0n) is 10.2. The predicted octanol–water partition coefficient (Wildman–Crippen LogP) is 1.74. The largest absolute Gasteiger partial charge is 0.494 e. The van der Waals surface area contributed by atoms with Crippen LogP contribution in [0, 0.1) is 5.82 Å². The first-order valence-corrected chi connectivity index (χ1v) is 5.92. The maximum Gasteiger partial charge on any atom is 0.165 e. The van der Waals surface area contributed by atoms with Crippen LogP contribution in [0.15, 0.2) is 18.2 Å². The molecule has 2 N–H and O–H groups in total. The van der Waals surface area contributed by atoms with E-state index in [1.165, 1.54) is 13.2 Å². The molecule has 0 aliphatic heterocycles. The van der Waals surface area contributed by atoms with Crippen LogP contribution in [0.3, 0.4) is 0 Å². The van der Waals surface area contributed by atoms with Gasteiger partial charge in [-0.25, -0.2) is 4.39 Å². The summed E-state index contributed by atoms with van der Waals surface area (Å²) >= 11 is 0. The van der Waals surface area contributed by atoms with Gasteiger partial charge in [0.1, 0.15) is 0 Å². The lowest BCUT2D eigenvalue weighted by Gasteiger charge is -2.06. The summed E-state index contributed by atoms with van der Waals surface area (Å²) in [5.74, 6) is -0.0325. The first-order chi connectivity index (χ1) is 8.27. The Hall–Kier alpha value is -1.13. The summed E-state index contributed by atoms with van der Waals surface area (Å²) in [6.45, 7) is 1.95. The number of rotatable bonds is 8. The van der Waals surface area contributed by atoms with Gasteiger partial charge in [0.15, 0.2) is 11.6 Å². The topological polar surface area (TPSA) is 41.5 Å². The number of hydrogen-bond donors (Lipinski definition) is 2. The average molecular weight is 241 g/mol. The zero-order valence-corrected chi connectivity index (χ0v) is 10.2. The van der Waals surface area contributed by atoms with Gasteiger partial charge in [-0.1, -0.05) is 6.07 Å². The molecule has 0 unspecified atom stereocenters. The summed E-state index contributed by atoms with van der Waals surface area (Å²) in [7, 11) is 1.46. The molecule has 0 saturated heterocycles. The number of methoxy groups -OCH3 is 1. The SMILES string of the molecule is COc1ccc(CCNCCCCO)cc1F. The molecular formula is C13H20FNO2. The third kappa shape index (κ3) is 5.15. The molecule has 0 heterocycles. The summed E-state index contributed by atoms with van der Waals surface area (Å²) < 4.78 is 18.2. The molecule has 0 saturated carbocycles. The number of nitrogens with one attached hydrogen (secondary N) is 1. The van der Waals surface area contributed by atoms with Crippen LogP contribution in [-0.4, -0.2) is 31.9 Å². The van der Waals surface area contributed by atoms with Crippen molar-refractivity contribution >= 4 is 0 Å². The van der Waals surface area contributed by atoms with Crippen LogP contribution in [0.4, 0.5) is 4.39 Å². The molecule has 1 aromatic carbocycles. The Morgan fingerprint density at radius 3 is 2.76 bits per heavy atom. The molecule has 0 aliphatic rings. The molecule has 0 bridgehead atoms. The first kappa shape index (κ1) is 13.9. The number of ether oxygens (including phenoxy) is 1. The molecule has 0 aromatic heterocycles. The van der Waals surface area contributed by atoms with E-state index >= 15 is 0 Å². The van der Waals surface area contributed by atoms with E-state index in [-0.39, 0.29) is 18.2 Å². The molecule has 0 aliphatic carbocycles. The van der Waals surface area contributed by atoms with Gasteiger partial charge < -0.3 is 15.2 Å². The smallest absolute Gasteiger partial charge is 0.165 e. The van der Waals surface area contributed by atoms with Crippen molar-refractivity contribution in [3.05, 3.63) is 29.6 Å². The summed E-state index contributed by atoms with van der Waals surface area (Å²) in [6, 6.07) is 5.03. The number of benzene rings is 1. The van der Waals surface area contributed by atoms with Crippen molar-refractivity contribution in [3.8, 4) is 5.75 Å². The quantitative estimate of drug-likeness (QED) is 0.681. The van der Waals surface area contributed by atoms with Gasteiger partial charge in [0.05, 0.1) is 7.11 Å². The Morgan fingerprint density at radius 1 is 1.29 bits per heavy atom. The van der Waals surface area contributed by atoms with E-state index in [1.807, 2.05) is 6.07 Å². The minimum Gasteiger partial charge on any atom is -0.494 e. The Kier molecular flexibility index (Phi) is 6.58. The van der Waals surface area contributed by atoms with Crippen molar-refractivity contribution in [1.29, 1.82) is 0 Å². The summed E-state index contributed by atoms with van der Waals surface area (Å²) in [5, 5.41) is 11.9. The molecule has 4 heteroatoms. The van der Waals surface area contributed by atoms with E-state index in [0.29, 0.717) is 0 Å². The van der Waals surface area contributed by atoms with Gasteiger partial charge in [0.2, 0.25) is 0 Å². The van der Waals surface area contributed by atoms with E-state index in [0.717, 1.165) is 37.9 Å². The van der Waals surface area contributed by atoms with Crippen molar-refractivity contribution in [2.24, 2.45) is 0 Å². The highest BCUT2D eigenvalue weighted by Gasteiger charge is 2.02. The second-order valence-corrected chi connectivity index (χ2v) is 3.90. The van der Waals surface area contributed by atoms with E-state index in [9.17, 15) is 4.39 Å². The van der Waals surface area contributed by atoms with Gasteiger partial charge in [-0.15, -0.1) is 0 Å². The number of aliphatic hydroxyl groups excluding tert-OH is 1. The van der Waals surface area contributed by atoms with Gasteiger partial charge in [0, 0.05) is 6.61 Å². The zero-order chi connectivity index (χ0) is 12.5. The number of unbranched alkanes of at least 4 members (excludes halogenated alkanes) is 1. The third-order valence-electron chi connectivity index (χ3n) is 2.57. The minimum absolute atomic E-state index is 0.241. The highest BCUT2D eigenvalue weighted by molar-refractivity contribution is 5.29. The summed E-state index contributed by atoms with van der Waals surface area (Å²) in [6.07, 6.45) is 2.58. The van der Waals surface area contributed by atoms with Crippen LogP contribution in [-0.2, 0) is 6.42 Å². The molecular weight excluding hydrogens is 221 g/mol. The molecule has 3 nitrogen and oxygen atoms in total. The Labute approximate surface area is 102 Å². The molecule has 0 spiro atoms. The number of aliphatic hydroxyl groups is 1. The highest BCUT2D eigenvalue weighted by Crippen LogP contribution is 2.17. The molecule has 0 fully saturated rings. The Bertz CT molecular complexity index is 331. The van der Waals surface area contributed by atoms with Crippen molar-refractivity contribution in [1.82, 2.24) is 5.32 Å². The predicted molar refractivity (Wildman–Crippen MR) is 65.8 cm³/mol. The molecule has 0 radical (unpaired) electrons. The fourth-order valence-electron chi connectivity index (χ4n) is 1.58. The highest BCUT2D eigenvalue weighted by atomic mass is 19.1. The van der Waals surface area contributed by atoms with Crippen molar-refractivity contribution in [2.45, 2.75) is 19.3 Å². The van der Waals surface area contributed by atoms with Crippen LogP contribution in [0.1, 0.15) is 18.4 Å². The standard InChI is InChI=1S/C13H20FNO2/c1-17-13-5-4-11(10-12(13)14)6-8-15-7-2-3-9-16/h4-5,10,15-16H,2-3,6-9H2,1H3. The maximum absolute atomic E-state index is 13.4. The maximum atomic E-state index is 13.4. The Balaban J connectivity index is 2.25. The van der Waals surface area contributed by atoms with Gasteiger partial charge >= 0.3 is 0 Å². The molecule has 0 atom stereocenters. The van der Waals surface area contributed by atoms with E-state index in [4.69, 9.17) is 9.84 Å². The number of halogens is 1. The Morgan fingerprint density at radius 2 is 2.12 bits per heavy atom. The fraction of sp³-hybridized carbons (Fsp3) is 0.538. The van der Waals surface area contributed by atoms with Crippen LogP contribution in [0.2, 0.25) is 0 Å². The van der Waals surface area contributed by atoms with Gasteiger partial charge in [-0.3, -0.25) is 0 Å². The lowest BCUT2D eigenvalue weighted by atomic mass is 10.1. The second kappa shape index (κ2) is 8.03. The van der Waals surface area contributed by atoms with Gasteiger partial charge in [-0.2, -0.15) is 0 Å². The van der Waals surface area contributed by atoms with Gasteiger partial charge in [-0.05, 0) is 50.0 Å². The van der Waals surface area contributed by atoms with Crippen molar-refractivity contribution in [2.75, 3.05) is 26.8 Å².